The minimum atomic E-state index is -0.311. The predicted octanol–water partition coefficient (Wildman–Crippen LogP) is 3.40. The van der Waals surface area contributed by atoms with E-state index in [4.69, 9.17) is 27.9 Å². The molecule has 0 aliphatic carbocycles. The molecule has 0 amide bonds. The smallest absolute Gasteiger partial charge is 0.129 e. The van der Waals surface area contributed by atoms with Crippen LogP contribution in [0.25, 0.3) is 0 Å². The molecule has 1 aromatic carbocycles. The van der Waals surface area contributed by atoms with Gasteiger partial charge in [0.25, 0.3) is 0 Å². The molecular formula is C13H16Cl2FNO. The molecule has 18 heavy (non-hydrogen) atoms. The van der Waals surface area contributed by atoms with Crippen molar-refractivity contribution in [1.82, 2.24) is 4.90 Å². The van der Waals surface area contributed by atoms with Gasteiger partial charge in [0.2, 0.25) is 0 Å². The quantitative estimate of drug-likeness (QED) is 0.843. The summed E-state index contributed by atoms with van der Waals surface area (Å²) in [5, 5.41) is 0.761. The van der Waals surface area contributed by atoms with Gasteiger partial charge in [-0.25, -0.2) is 4.39 Å². The van der Waals surface area contributed by atoms with Crippen LogP contribution in [-0.4, -0.2) is 37.7 Å². The second-order valence-corrected chi connectivity index (χ2v) is 5.25. The zero-order chi connectivity index (χ0) is 13.0. The second kappa shape index (κ2) is 6.71. The molecular weight excluding hydrogens is 276 g/mol. The first-order valence-electron chi connectivity index (χ1n) is 6.10. The molecule has 1 heterocycles. The first kappa shape index (κ1) is 14.1. The third kappa shape index (κ3) is 3.82. The maximum atomic E-state index is 13.7. The van der Waals surface area contributed by atoms with E-state index in [1.54, 1.807) is 6.07 Å². The maximum Gasteiger partial charge on any atom is 0.129 e. The largest absolute Gasteiger partial charge is 0.379 e. The Morgan fingerprint density at radius 3 is 2.61 bits per heavy atom. The number of hydrogen-bond acceptors (Lipinski definition) is 2. The summed E-state index contributed by atoms with van der Waals surface area (Å²) in [7, 11) is 0. The lowest BCUT2D eigenvalue weighted by Crippen LogP contribution is -2.36. The highest BCUT2D eigenvalue weighted by Crippen LogP contribution is 2.25. The van der Waals surface area contributed by atoms with E-state index in [1.165, 1.54) is 6.07 Å². The van der Waals surface area contributed by atoms with Crippen LogP contribution >= 0.6 is 23.2 Å². The first-order valence-corrected chi connectivity index (χ1v) is 6.86. The number of hydrogen-bond donors (Lipinski definition) is 0. The number of benzene rings is 1. The molecule has 2 nitrogen and oxygen atoms in total. The van der Waals surface area contributed by atoms with E-state index in [9.17, 15) is 4.39 Å². The third-order valence-corrected chi connectivity index (χ3v) is 3.67. The summed E-state index contributed by atoms with van der Waals surface area (Å²) < 4.78 is 19.0. The first-order chi connectivity index (χ1) is 8.66. The lowest BCUT2D eigenvalue weighted by molar-refractivity contribution is 0.0374. The summed E-state index contributed by atoms with van der Waals surface area (Å²) >= 11 is 11.7. The average Bonchev–Trinajstić information content (AvgIpc) is 2.34. The lowest BCUT2D eigenvalue weighted by Gasteiger charge is -2.26. The van der Waals surface area contributed by atoms with E-state index >= 15 is 0 Å². The summed E-state index contributed by atoms with van der Waals surface area (Å²) in [6.07, 6.45) is 1.53. The Kier molecular flexibility index (Phi) is 5.25. The molecule has 0 spiro atoms. The SMILES string of the molecule is Fc1cc(Cl)cc(Cl)c1CCCN1CCOCC1. The van der Waals surface area contributed by atoms with Crippen LogP contribution in [0.3, 0.4) is 0 Å². The molecule has 0 N–H and O–H groups in total. The number of ether oxygens (including phenoxy) is 1. The third-order valence-electron chi connectivity index (χ3n) is 3.11. The molecule has 2 rings (SSSR count). The van der Waals surface area contributed by atoms with Crippen molar-refractivity contribution in [1.29, 1.82) is 0 Å². The Balaban J connectivity index is 1.86. The van der Waals surface area contributed by atoms with Crippen molar-refractivity contribution in [3.05, 3.63) is 33.6 Å². The van der Waals surface area contributed by atoms with Crippen molar-refractivity contribution in [2.75, 3.05) is 32.8 Å². The molecule has 0 saturated carbocycles. The van der Waals surface area contributed by atoms with Gasteiger partial charge in [-0.1, -0.05) is 23.2 Å². The minimum Gasteiger partial charge on any atom is -0.379 e. The van der Waals surface area contributed by atoms with E-state index in [-0.39, 0.29) is 5.82 Å². The van der Waals surface area contributed by atoms with Gasteiger partial charge in [0.05, 0.1) is 13.2 Å². The van der Waals surface area contributed by atoms with Crippen LogP contribution in [0.5, 0.6) is 0 Å². The average molecular weight is 292 g/mol. The van der Waals surface area contributed by atoms with E-state index in [0.29, 0.717) is 22.0 Å². The van der Waals surface area contributed by atoms with Crippen LogP contribution in [0.4, 0.5) is 4.39 Å². The normalized spacial score (nSPS) is 17.1. The fraction of sp³-hybridized carbons (Fsp3) is 0.538. The van der Waals surface area contributed by atoms with Gasteiger partial charge in [0.15, 0.2) is 0 Å². The fourth-order valence-corrected chi connectivity index (χ4v) is 2.68. The summed E-state index contributed by atoms with van der Waals surface area (Å²) in [5.41, 5.74) is 0.564. The van der Waals surface area contributed by atoms with Crippen molar-refractivity contribution in [2.24, 2.45) is 0 Å². The number of morpholine rings is 1. The Morgan fingerprint density at radius 2 is 1.94 bits per heavy atom. The van der Waals surface area contributed by atoms with Crippen molar-refractivity contribution in [2.45, 2.75) is 12.8 Å². The number of rotatable bonds is 4. The number of nitrogens with zero attached hydrogens (tertiary/aromatic N) is 1. The van der Waals surface area contributed by atoms with Gasteiger partial charge in [0.1, 0.15) is 5.82 Å². The van der Waals surface area contributed by atoms with Crippen LogP contribution in [-0.2, 0) is 11.2 Å². The maximum absolute atomic E-state index is 13.7. The zero-order valence-electron chi connectivity index (χ0n) is 10.1. The predicted molar refractivity (Wildman–Crippen MR) is 72.0 cm³/mol. The van der Waals surface area contributed by atoms with Gasteiger partial charge in [0, 0.05) is 28.7 Å². The number of halogens is 3. The molecule has 0 atom stereocenters. The van der Waals surface area contributed by atoms with Gasteiger partial charge in [-0.05, 0) is 31.5 Å². The Morgan fingerprint density at radius 1 is 1.22 bits per heavy atom. The lowest BCUT2D eigenvalue weighted by atomic mass is 10.1. The zero-order valence-corrected chi connectivity index (χ0v) is 11.6. The summed E-state index contributed by atoms with van der Waals surface area (Å²) in [6, 6.07) is 2.91. The Bertz CT molecular complexity index is 385. The highest BCUT2D eigenvalue weighted by Gasteiger charge is 2.12. The van der Waals surface area contributed by atoms with Crippen LogP contribution in [0.15, 0.2) is 12.1 Å². The van der Waals surface area contributed by atoms with Crippen molar-refractivity contribution in [3.8, 4) is 0 Å². The molecule has 1 aliphatic rings. The van der Waals surface area contributed by atoms with Crippen molar-refractivity contribution >= 4 is 23.2 Å². The fourth-order valence-electron chi connectivity index (χ4n) is 2.12. The van der Waals surface area contributed by atoms with E-state index in [2.05, 4.69) is 4.90 Å². The molecule has 1 fully saturated rings. The minimum absolute atomic E-state index is 0.311. The van der Waals surface area contributed by atoms with Gasteiger partial charge in [-0.2, -0.15) is 0 Å². The van der Waals surface area contributed by atoms with E-state index in [1.807, 2.05) is 0 Å². The van der Waals surface area contributed by atoms with Gasteiger partial charge >= 0.3 is 0 Å². The van der Waals surface area contributed by atoms with Crippen LogP contribution < -0.4 is 0 Å². The van der Waals surface area contributed by atoms with E-state index in [0.717, 1.165) is 39.3 Å². The van der Waals surface area contributed by atoms with Gasteiger partial charge in [-0.3, -0.25) is 4.90 Å². The van der Waals surface area contributed by atoms with Crippen molar-refractivity contribution < 1.29 is 9.13 Å². The summed E-state index contributed by atoms with van der Waals surface area (Å²) in [4.78, 5) is 2.32. The molecule has 5 heteroatoms. The van der Waals surface area contributed by atoms with Crippen LogP contribution in [0.1, 0.15) is 12.0 Å². The van der Waals surface area contributed by atoms with Gasteiger partial charge in [-0.15, -0.1) is 0 Å². The van der Waals surface area contributed by atoms with E-state index < -0.39 is 0 Å². The molecule has 0 bridgehead atoms. The Hall–Kier alpha value is -0.350. The molecule has 0 radical (unpaired) electrons. The summed E-state index contributed by atoms with van der Waals surface area (Å²) in [5.74, 6) is -0.311. The molecule has 1 aromatic rings. The molecule has 1 aliphatic heterocycles. The topological polar surface area (TPSA) is 12.5 Å². The monoisotopic (exact) mass is 291 g/mol. The Labute approximate surface area is 117 Å². The standard InChI is InChI=1S/C13H16Cl2FNO/c14-10-8-12(15)11(13(16)9-10)2-1-3-17-4-6-18-7-5-17/h8-9H,1-7H2. The summed E-state index contributed by atoms with van der Waals surface area (Å²) in [6.45, 7) is 4.43. The second-order valence-electron chi connectivity index (χ2n) is 4.41. The highest BCUT2D eigenvalue weighted by molar-refractivity contribution is 6.35. The highest BCUT2D eigenvalue weighted by atomic mass is 35.5. The van der Waals surface area contributed by atoms with Gasteiger partial charge < -0.3 is 4.74 Å². The molecule has 0 unspecified atom stereocenters. The van der Waals surface area contributed by atoms with Crippen LogP contribution in [0, 0.1) is 5.82 Å². The molecule has 100 valence electrons. The van der Waals surface area contributed by atoms with Crippen molar-refractivity contribution in [3.63, 3.8) is 0 Å². The van der Waals surface area contributed by atoms with Crippen LogP contribution in [0.2, 0.25) is 10.0 Å². The molecule has 1 saturated heterocycles. The molecule has 0 aromatic heterocycles.